The van der Waals surface area contributed by atoms with Crippen LogP contribution in [-0.4, -0.2) is 4.92 Å². The molecule has 0 bridgehead atoms. The number of hydrogen-bond acceptors (Lipinski definition) is 3. The van der Waals surface area contributed by atoms with E-state index in [1.807, 2.05) is 0 Å². The Kier molecular flexibility index (Phi) is 2.65. The molecule has 0 radical (unpaired) electrons. The standard InChI is InChI=1S/C7H7BrN2O2/c8-4-5-3-6(9)1-2-7(5)10(11)12/h1-3H,4,9H2. The Morgan fingerprint density at radius 1 is 1.58 bits per heavy atom. The van der Waals surface area contributed by atoms with E-state index in [4.69, 9.17) is 5.73 Å². The number of anilines is 1. The first-order chi connectivity index (χ1) is 5.65. The molecule has 1 aromatic rings. The molecule has 0 aromatic heterocycles. The molecule has 0 atom stereocenters. The van der Waals surface area contributed by atoms with Crippen molar-refractivity contribution >= 4 is 27.3 Å². The molecule has 4 nitrogen and oxygen atoms in total. The fourth-order valence-electron chi connectivity index (χ4n) is 0.891. The molecule has 64 valence electrons. The first-order valence-electron chi connectivity index (χ1n) is 3.24. The molecule has 0 aliphatic heterocycles. The van der Waals surface area contributed by atoms with E-state index < -0.39 is 4.92 Å². The van der Waals surface area contributed by atoms with Gasteiger partial charge in [0.05, 0.1) is 4.92 Å². The predicted octanol–water partition coefficient (Wildman–Crippen LogP) is 2.07. The van der Waals surface area contributed by atoms with E-state index in [9.17, 15) is 10.1 Å². The van der Waals surface area contributed by atoms with Gasteiger partial charge >= 0.3 is 0 Å². The maximum Gasteiger partial charge on any atom is 0.273 e. The van der Waals surface area contributed by atoms with Gasteiger partial charge in [-0.25, -0.2) is 0 Å². The van der Waals surface area contributed by atoms with Crippen LogP contribution in [0.15, 0.2) is 18.2 Å². The van der Waals surface area contributed by atoms with E-state index >= 15 is 0 Å². The van der Waals surface area contributed by atoms with Crippen LogP contribution in [0.3, 0.4) is 0 Å². The quantitative estimate of drug-likeness (QED) is 0.366. The van der Waals surface area contributed by atoms with Crippen LogP contribution in [0.5, 0.6) is 0 Å². The summed E-state index contributed by atoms with van der Waals surface area (Å²) in [5, 5.41) is 10.9. The third-order valence-electron chi connectivity index (χ3n) is 1.44. The van der Waals surface area contributed by atoms with Crippen molar-refractivity contribution in [3.63, 3.8) is 0 Å². The first-order valence-corrected chi connectivity index (χ1v) is 4.36. The minimum Gasteiger partial charge on any atom is -0.399 e. The zero-order chi connectivity index (χ0) is 9.14. The second-order valence-electron chi connectivity index (χ2n) is 2.28. The fourth-order valence-corrected chi connectivity index (χ4v) is 1.34. The van der Waals surface area contributed by atoms with Crippen molar-refractivity contribution in [1.29, 1.82) is 0 Å². The van der Waals surface area contributed by atoms with Gasteiger partial charge in [0.25, 0.3) is 5.69 Å². The van der Waals surface area contributed by atoms with E-state index in [0.717, 1.165) is 0 Å². The summed E-state index contributed by atoms with van der Waals surface area (Å²) in [4.78, 5) is 10.0. The van der Waals surface area contributed by atoms with Crippen LogP contribution in [-0.2, 0) is 5.33 Å². The molecule has 12 heavy (non-hydrogen) atoms. The highest BCUT2D eigenvalue weighted by Crippen LogP contribution is 2.22. The molecule has 5 heteroatoms. The van der Waals surface area contributed by atoms with Gasteiger partial charge in [-0.3, -0.25) is 10.1 Å². The molecule has 0 saturated heterocycles. The van der Waals surface area contributed by atoms with Crippen LogP contribution in [0.2, 0.25) is 0 Å². The number of nitrogen functional groups attached to an aromatic ring is 1. The molecule has 1 rings (SSSR count). The van der Waals surface area contributed by atoms with Crippen molar-refractivity contribution in [1.82, 2.24) is 0 Å². The molecule has 0 amide bonds. The van der Waals surface area contributed by atoms with Crippen molar-refractivity contribution in [3.05, 3.63) is 33.9 Å². The highest BCUT2D eigenvalue weighted by molar-refractivity contribution is 9.08. The number of nitro groups is 1. The van der Waals surface area contributed by atoms with E-state index in [2.05, 4.69) is 15.9 Å². The number of nitrogens with zero attached hydrogens (tertiary/aromatic N) is 1. The number of alkyl halides is 1. The Hall–Kier alpha value is -1.10. The lowest BCUT2D eigenvalue weighted by molar-refractivity contribution is -0.385. The van der Waals surface area contributed by atoms with Crippen LogP contribution >= 0.6 is 15.9 Å². The summed E-state index contributed by atoms with van der Waals surface area (Å²) in [5.41, 5.74) is 6.69. The number of hydrogen-bond donors (Lipinski definition) is 1. The Morgan fingerprint density at radius 3 is 2.75 bits per heavy atom. The molecule has 0 unspecified atom stereocenters. The lowest BCUT2D eigenvalue weighted by atomic mass is 10.2. The van der Waals surface area contributed by atoms with E-state index in [1.165, 1.54) is 12.1 Å². The van der Waals surface area contributed by atoms with Gasteiger partial charge in [-0.1, -0.05) is 15.9 Å². The summed E-state index contributed by atoms with van der Waals surface area (Å²) in [6, 6.07) is 4.52. The molecule has 0 spiro atoms. The summed E-state index contributed by atoms with van der Waals surface area (Å²) in [5.74, 6) is 0. The molecule has 0 saturated carbocycles. The average Bonchev–Trinajstić information content (AvgIpc) is 2.03. The maximum atomic E-state index is 10.4. The van der Waals surface area contributed by atoms with Gasteiger partial charge < -0.3 is 5.73 Å². The van der Waals surface area contributed by atoms with E-state index in [-0.39, 0.29) is 5.69 Å². The molecule has 0 aliphatic rings. The van der Waals surface area contributed by atoms with Crippen LogP contribution in [0.25, 0.3) is 0 Å². The second kappa shape index (κ2) is 3.53. The van der Waals surface area contributed by atoms with Crippen molar-refractivity contribution in [2.75, 3.05) is 5.73 Å². The van der Waals surface area contributed by atoms with Gasteiger partial charge in [-0.15, -0.1) is 0 Å². The van der Waals surface area contributed by atoms with Crippen LogP contribution in [0.4, 0.5) is 11.4 Å². The SMILES string of the molecule is Nc1ccc([N+](=O)[O-])c(CBr)c1. The van der Waals surface area contributed by atoms with Gasteiger partial charge in [0.1, 0.15) is 0 Å². The van der Waals surface area contributed by atoms with Crippen molar-refractivity contribution in [2.45, 2.75) is 5.33 Å². The van der Waals surface area contributed by atoms with Crippen LogP contribution in [0.1, 0.15) is 5.56 Å². The van der Waals surface area contributed by atoms with Crippen molar-refractivity contribution in [2.24, 2.45) is 0 Å². The lowest BCUT2D eigenvalue weighted by Crippen LogP contribution is -1.95. The summed E-state index contributed by atoms with van der Waals surface area (Å²) in [6.45, 7) is 0. The van der Waals surface area contributed by atoms with Gasteiger partial charge in [0.2, 0.25) is 0 Å². The average molecular weight is 231 g/mol. The zero-order valence-corrected chi connectivity index (χ0v) is 7.74. The number of halogens is 1. The second-order valence-corrected chi connectivity index (χ2v) is 2.84. The number of rotatable bonds is 2. The molecular weight excluding hydrogens is 224 g/mol. The Labute approximate surface area is 77.7 Å². The molecule has 1 aromatic carbocycles. The molecule has 0 fully saturated rings. The minimum absolute atomic E-state index is 0.0982. The monoisotopic (exact) mass is 230 g/mol. The summed E-state index contributed by atoms with van der Waals surface area (Å²) in [7, 11) is 0. The van der Waals surface area contributed by atoms with Crippen molar-refractivity contribution in [3.8, 4) is 0 Å². The Morgan fingerprint density at radius 2 is 2.25 bits per heavy atom. The normalized spacial score (nSPS) is 9.75. The first kappa shape index (κ1) is 8.99. The Balaban J connectivity index is 3.20. The summed E-state index contributed by atoms with van der Waals surface area (Å²) >= 11 is 3.15. The van der Waals surface area contributed by atoms with Crippen LogP contribution < -0.4 is 5.73 Å². The van der Waals surface area contributed by atoms with Gasteiger partial charge in [-0.05, 0) is 12.1 Å². The summed E-state index contributed by atoms with van der Waals surface area (Å²) < 4.78 is 0. The largest absolute Gasteiger partial charge is 0.399 e. The highest BCUT2D eigenvalue weighted by Gasteiger charge is 2.11. The topological polar surface area (TPSA) is 69.2 Å². The van der Waals surface area contributed by atoms with Gasteiger partial charge in [0, 0.05) is 22.6 Å². The third kappa shape index (κ3) is 1.73. The molecule has 0 heterocycles. The van der Waals surface area contributed by atoms with Gasteiger partial charge in [-0.2, -0.15) is 0 Å². The molecule has 2 N–H and O–H groups in total. The van der Waals surface area contributed by atoms with Gasteiger partial charge in [0.15, 0.2) is 0 Å². The smallest absolute Gasteiger partial charge is 0.273 e. The fraction of sp³-hybridized carbons (Fsp3) is 0.143. The molecular formula is C7H7BrN2O2. The predicted molar refractivity (Wildman–Crippen MR) is 50.1 cm³/mol. The van der Waals surface area contributed by atoms with E-state index in [0.29, 0.717) is 16.6 Å². The highest BCUT2D eigenvalue weighted by atomic mass is 79.9. The number of nitrogens with two attached hydrogens (primary N) is 1. The van der Waals surface area contributed by atoms with E-state index in [1.54, 1.807) is 6.07 Å². The maximum absolute atomic E-state index is 10.4. The minimum atomic E-state index is -0.421. The summed E-state index contributed by atoms with van der Waals surface area (Å²) in [6.07, 6.45) is 0. The lowest BCUT2D eigenvalue weighted by Gasteiger charge is -1.99. The third-order valence-corrected chi connectivity index (χ3v) is 2.05. The van der Waals surface area contributed by atoms with Crippen molar-refractivity contribution < 1.29 is 4.92 Å². The molecule has 0 aliphatic carbocycles. The number of nitro benzene ring substituents is 1. The zero-order valence-electron chi connectivity index (χ0n) is 6.16. The van der Waals surface area contributed by atoms with Crippen LogP contribution in [0, 0.1) is 10.1 Å². The Bertz CT molecular complexity index is 314. The number of benzene rings is 1.